The minimum atomic E-state index is -0.882. The van der Waals surface area contributed by atoms with Crippen LogP contribution >= 0.6 is 0 Å². The Morgan fingerprint density at radius 1 is 1.30 bits per heavy atom. The van der Waals surface area contributed by atoms with E-state index < -0.39 is 12.0 Å². The van der Waals surface area contributed by atoms with Crippen LogP contribution in [0.4, 0.5) is 4.79 Å². The first-order valence-corrected chi connectivity index (χ1v) is 7.47. The average Bonchev–Trinajstić information content (AvgIpc) is 2.80. The third-order valence-electron chi connectivity index (χ3n) is 4.48. The second kappa shape index (κ2) is 6.43. The van der Waals surface area contributed by atoms with Gasteiger partial charge in [-0.2, -0.15) is 0 Å². The summed E-state index contributed by atoms with van der Waals surface area (Å²) in [6, 6.07) is -0.755. The summed E-state index contributed by atoms with van der Waals surface area (Å²) in [6.45, 7) is 4.85. The maximum Gasteiger partial charge on any atom is 0.326 e. The first-order chi connectivity index (χ1) is 9.54. The summed E-state index contributed by atoms with van der Waals surface area (Å²) < 4.78 is 0. The summed E-state index contributed by atoms with van der Waals surface area (Å²) in [5.41, 5.74) is 0. The Morgan fingerprint density at radius 3 is 2.70 bits per heavy atom. The molecule has 114 valence electrons. The van der Waals surface area contributed by atoms with Crippen molar-refractivity contribution in [2.45, 2.75) is 32.2 Å². The van der Waals surface area contributed by atoms with E-state index in [0.29, 0.717) is 12.5 Å². The molecule has 3 atom stereocenters. The Bertz CT molecular complexity index is 373. The van der Waals surface area contributed by atoms with Gasteiger partial charge >= 0.3 is 12.0 Å². The first-order valence-electron chi connectivity index (χ1n) is 7.47. The number of nitrogens with zero attached hydrogens (tertiary/aromatic N) is 2. The van der Waals surface area contributed by atoms with Gasteiger partial charge in [-0.1, -0.05) is 6.92 Å². The number of hydrogen-bond donors (Lipinski definition) is 2. The van der Waals surface area contributed by atoms with Crippen molar-refractivity contribution in [1.82, 2.24) is 15.1 Å². The van der Waals surface area contributed by atoms with Gasteiger partial charge in [-0.3, -0.25) is 0 Å². The van der Waals surface area contributed by atoms with Gasteiger partial charge in [-0.15, -0.1) is 0 Å². The maximum atomic E-state index is 12.6. The number of likely N-dealkylation sites (tertiary alicyclic amines) is 2. The number of hydrogen-bond acceptors (Lipinski definition) is 3. The predicted octanol–water partition coefficient (Wildman–Crippen LogP) is 0.833. The maximum absolute atomic E-state index is 12.6. The highest BCUT2D eigenvalue weighted by atomic mass is 16.4. The summed E-state index contributed by atoms with van der Waals surface area (Å²) >= 11 is 0. The van der Waals surface area contributed by atoms with Gasteiger partial charge in [0.1, 0.15) is 6.04 Å². The van der Waals surface area contributed by atoms with Crippen molar-refractivity contribution in [3.8, 4) is 0 Å². The molecule has 0 aromatic heterocycles. The van der Waals surface area contributed by atoms with Gasteiger partial charge in [0.25, 0.3) is 0 Å². The minimum absolute atomic E-state index is 0.0364. The molecular weight excluding hydrogens is 258 g/mol. The summed E-state index contributed by atoms with van der Waals surface area (Å²) in [4.78, 5) is 27.3. The van der Waals surface area contributed by atoms with Crippen LogP contribution in [0.5, 0.6) is 0 Å². The second-order valence-corrected chi connectivity index (χ2v) is 6.04. The third-order valence-corrected chi connectivity index (χ3v) is 4.48. The highest BCUT2D eigenvalue weighted by molar-refractivity contribution is 5.83. The summed E-state index contributed by atoms with van der Waals surface area (Å²) in [5.74, 6) is -0.373. The molecule has 20 heavy (non-hydrogen) atoms. The van der Waals surface area contributed by atoms with Crippen molar-refractivity contribution in [3.05, 3.63) is 0 Å². The number of rotatable bonds is 3. The SMILES string of the molecule is CNCC1CCCN(C(=O)N2CCC(C)C2C(=O)O)C1. The molecule has 2 heterocycles. The highest BCUT2D eigenvalue weighted by Crippen LogP contribution is 2.27. The molecule has 0 spiro atoms. The van der Waals surface area contributed by atoms with Crippen molar-refractivity contribution in [2.75, 3.05) is 33.2 Å². The molecule has 2 N–H and O–H groups in total. The van der Waals surface area contributed by atoms with Gasteiger partial charge < -0.3 is 20.2 Å². The quantitative estimate of drug-likeness (QED) is 0.805. The number of urea groups is 1. The molecule has 2 aliphatic heterocycles. The van der Waals surface area contributed by atoms with E-state index in [1.54, 1.807) is 4.90 Å². The zero-order chi connectivity index (χ0) is 14.7. The zero-order valence-corrected chi connectivity index (χ0v) is 12.3. The lowest BCUT2D eigenvalue weighted by molar-refractivity contribution is -0.142. The fourth-order valence-electron chi connectivity index (χ4n) is 3.41. The molecule has 2 fully saturated rings. The van der Waals surface area contributed by atoms with Gasteiger partial charge in [0.05, 0.1) is 0 Å². The van der Waals surface area contributed by atoms with Crippen molar-refractivity contribution in [1.29, 1.82) is 0 Å². The Morgan fingerprint density at radius 2 is 2.05 bits per heavy atom. The van der Waals surface area contributed by atoms with Gasteiger partial charge in [0.2, 0.25) is 0 Å². The monoisotopic (exact) mass is 283 g/mol. The van der Waals surface area contributed by atoms with Gasteiger partial charge in [-0.05, 0) is 44.7 Å². The van der Waals surface area contributed by atoms with E-state index in [4.69, 9.17) is 0 Å². The lowest BCUT2D eigenvalue weighted by Crippen LogP contribution is -2.52. The molecule has 0 aromatic carbocycles. The van der Waals surface area contributed by atoms with Gasteiger partial charge in [0.15, 0.2) is 0 Å². The molecule has 0 radical (unpaired) electrons. The van der Waals surface area contributed by atoms with Crippen LogP contribution in [-0.2, 0) is 4.79 Å². The van der Waals surface area contributed by atoms with Crippen LogP contribution in [0.25, 0.3) is 0 Å². The normalized spacial score (nSPS) is 30.6. The standard InChI is InChI=1S/C14H25N3O3/c1-10-5-7-17(12(10)13(18)19)14(20)16-6-3-4-11(9-16)8-15-2/h10-12,15H,3-9H2,1-2H3,(H,18,19). The average molecular weight is 283 g/mol. The van der Waals surface area contributed by atoms with Crippen molar-refractivity contribution in [2.24, 2.45) is 11.8 Å². The van der Waals surface area contributed by atoms with Crippen LogP contribution in [0.2, 0.25) is 0 Å². The number of carboxylic acids is 1. The number of amides is 2. The Kier molecular flexibility index (Phi) is 4.86. The summed E-state index contributed by atoms with van der Waals surface area (Å²) in [6.07, 6.45) is 2.90. The molecule has 2 saturated heterocycles. The molecular formula is C14H25N3O3. The van der Waals surface area contributed by atoms with E-state index >= 15 is 0 Å². The van der Waals surface area contributed by atoms with E-state index in [1.165, 1.54) is 0 Å². The summed E-state index contributed by atoms with van der Waals surface area (Å²) in [7, 11) is 1.92. The first kappa shape index (κ1) is 15.1. The number of nitrogens with one attached hydrogen (secondary N) is 1. The molecule has 0 saturated carbocycles. The third kappa shape index (κ3) is 3.06. The van der Waals surface area contributed by atoms with E-state index in [1.807, 2.05) is 18.9 Å². The Hall–Kier alpha value is -1.30. The molecule has 2 amide bonds. The predicted molar refractivity (Wildman–Crippen MR) is 75.5 cm³/mol. The zero-order valence-electron chi connectivity index (χ0n) is 12.3. The summed E-state index contributed by atoms with van der Waals surface area (Å²) in [5, 5.41) is 12.5. The second-order valence-electron chi connectivity index (χ2n) is 6.04. The number of aliphatic carboxylic acids is 1. The fraction of sp³-hybridized carbons (Fsp3) is 0.857. The number of carboxylic acid groups (broad SMARTS) is 1. The van der Waals surface area contributed by atoms with Crippen LogP contribution in [0.15, 0.2) is 0 Å². The van der Waals surface area contributed by atoms with E-state index in [9.17, 15) is 14.7 Å². The van der Waals surface area contributed by atoms with E-state index in [0.717, 1.165) is 38.9 Å². The largest absolute Gasteiger partial charge is 0.480 e. The minimum Gasteiger partial charge on any atom is -0.480 e. The molecule has 3 unspecified atom stereocenters. The van der Waals surface area contributed by atoms with Gasteiger partial charge in [0, 0.05) is 19.6 Å². The van der Waals surface area contributed by atoms with Crippen molar-refractivity contribution in [3.63, 3.8) is 0 Å². The van der Waals surface area contributed by atoms with Gasteiger partial charge in [-0.25, -0.2) is 9.59 Å². The molecule has 2 aliphatic rings. The topological polar surface area (TPSA) is 72.9 Å². The lowest BCUT2D eigenvalue weighted by Gasteiger charge is -2.36. The van der Waals surface area contributed by atoms with E-state index in [2.05, 4.69) is 5.32 Å². The Labute approximate surface area is 120 Å². The van der Waals surface area contributed by atoms with Crippen LogP contribution in [-0.4, -0.2) is 66.2 Å². The number of piperidine rings is 1. The van der Waals surface area contributed by atoms with Crippen molar-refractivity contribution < 1.29 is 14.7 Å². The molecule has 0 aromatic rings. The highest BCUT2D eigenvalue weighted by Gasteiger charge is 2.41. The smallest absolute Gasteiger partial charge is 0.326 e. The molecule has 0 bridgehead atoms. The fourth-order valence-corrected chi connectivity index (χ4v) is 3.41. The van der Waals surface area contributed by atoms with Crippen LogP contribution < -0.4 is 5.32 Å². The number of carbonyl (C=O) groups is 2. The van der Waals surface area contributed by atoms with Crippen LogP contribution in [0, 0.1) is 11.8 Å². The molecule has 2 rings (SSSR count). The Balaban J connectivity index is 2.01. The van der Waals surface area contributed by atoms with Crippen LogP contribution in [0.1, 0.15) is 26.2 Å². The van der Waals surface area contributed by atoms with Crippen molar-refractivity contribution >= 4 is 12.0 Å². The lowest BCUT2D eigenvalue weighted by atomic mass is 9.98. The van der Waals surface area contributed by atoms with Crippen LogP contribution in [0.3, 0.4) is 0 Å². The molecule has 6 nitrogen and oxygen atoms in total. The van der Waals surface area contributed by atoms with E-state index in [-0.39, 0.29) is 11.9 Å². The molecule has 0 aliphatic carbocycles. The molecule has 6 heteroatoms. The number of carbonyl (C=O) groups excluding carboxylic acids is 1.